The fraction of sp³-hybridized carbons (Fsp3) is 0.500. The van der Waals surface area contributed by atoms with Crippen molar-refractivity contribution < 1.29 is 8.42 Å². The number of nitrogens with one attached hydrogen (secondary N) is 1. The van der Waals surface area contributed by atoms with Gasteiger partial charge in [-0.15, -0.1) is 30.6 Å². The van der Waals surface area contributed by atoms with Crippen LogP contribution in [-0.2, 0) is 16.6 Å². The molecule has 148 valence electrons. The zero-order chi connectivity index (χ0) is 18.7. The first-order valence-electron chi connectivity index (χ1n) is 8.60. The van der Waals surface area contributed by atoms with Gasteiger partial charge in [0.2, 0.25) is 10.0 Å². The zero-order valence-electron chi connectivity index (χ0n) is 15.6. The first kappa shape index (κ1) is 24.9. The Bertz CT molecular complexity index is 660. The van der Waals surface area contributed by atoms with Gasteiger partial charge < -0.3 is 10.2 Å². The number of hydrogen-bond donors (Lipinski definition) is 2. The quantitative estimate of drug-likeness (QED) is 0.172. The van der Waals surface area contributed by atoms with E-state index in [1.54, 1.807) is 12.1 Å². The molecule has 0 saturated heterocycles. The summed E-state index contributed by atoms with van der Waals surface area (Å²) in [5, 5.41) is 8.39. The molecule has 1 rings (SSSR count). The van der Waals surface area contributed by atoms with E-state index >= 15 is 0 Å². The van der Waals surface area contributed by atoms with Gasteiger partial charge in [-0.25, -0.2) is 18.5 Å². The summed E-state index contributed by atoms with van der Waals surface area (Å²) in [5.41, 5.74) is 0.933. The van der Waals surface area contributed by atoms with Crippen LogP contribution in [0.4, 0.5) is 0 Å². The van der Waals surface area contributed by atoms with Crippen molar-refractivity contribution in [3.63, 3.8) is 0 Å². The number of sulfonamides is 1. The summed E-state index contributed by atoms with van der Waals surface area (Å²) in [6.07, 6.45) is 6.47. The standard InChI is InChI=1S/C18H30N4O2S.HI/c1-4-6-7-8-9-14-22(3)18(20-5-2)21-15-16-10-12-17(13-11-16)25(19,23)24;/h4,10-13H,1,5-9,14-15H2,2-3H3,(H,20,21)(H2,19,23,24);1H. The van der Waals surface area contributed by atoms with Crippen LogP contribution in [-0.4, -0.2) is 39.4 Å². The SMILES string of the molecule is C=CCCCCCN(C)C(=NCc1ccc(S(N)(=O)=O)cc1)NCC.I. The van der Waals surface area contributed by atoms with Crippen molar-refractivity contribution in [2.45, 2.75) is 44.0 Å². The Morgan fingerprint density at radius 2 is 1.92 bits per heavy atom. The van der Waals surface area contributed by atoms with Gasteiger partial charge in [0, 0.05) is 20.1 Å². The van der Waals surface area contributed by atoms with E-state index in [1.807, 2.05) is 20.0 Å². The van der Waals surface area contributed by atoms with E-state index in [1.165, 1.54) is 25.0 Å². The molecule has 1 aromatic carbocycles. The number of hydrogen-bond acceptors (Lipinski definition) is 3. The van der Waals surface area contributed by atoms with Gasteiger partial charge in [-0.2, -0.15) is 0 Å². The molecule has 0 bridgehead atoms. The number of nitrogens with zero attached hydrogens (tertiary/aromatic N) is 2. The molecule has 0 fully saturated rings. The summed E-state index contributed by atoms with van der Waals surface area (Å²) in [5.74, 6) is 0.849. The largest absolute Gasteiger partial charge is 0.357 e. The summed E-state index contributed by atoms with van der Waals surface area (Å²) < 4.78 is 22.6. The van der Waals surface area contributed by atoms with Crippen molar-refractivity contribution in [2.24, 2.45) is 10.1 Å². The lowest BCUT2D eigenvalue weighted by Crippen LogP contribution is -2.39. The third-order valence-electron chi connectivity index (χ3n) is 3.76. The Labute approximate surface area is 175 Å². The van der Waals surface area contributed by atoms with Crippen molar-refractivity contribution in [1.29, 1.82) is 0 Å². The first-order valence-corrected chi connectivity index (χ1v) is 10.1. The van der Waals surface area contributed by atoms with Crippen LogP contribution in [0.1, 0.15) is 38.2 Å². The summed E-state index contributed by atoms with van der Waals surface area (Å²) in [6, 6.07) is 6.50. The van der Waals surface area contributed by atoms with Crippen molar-refractivity contribution >= 4 is 40.0 Å². The smallest absolute Gasteiger partial charge is 0.238 e. The summed E-state index contributed by atoms with van der Waals surface area (Å²) in [7, 11) is -1.63. The van der Waals surface area contributed by atoms with Crippen LogP contribution in [0.25, 0.3) is 0 Å². The van der Waals surface area contributed by atoms with Gasteiger partial charge in [-0.3, -0.25) is 0 Å². The van der Waals surface area contributed by atoms with Crippen LogP contribution in [0.3, 0.4) is 0 Å². The fourth-order valence-corrected chi connectivity index (χ4v) is 2.86. The number of rotatable bonds is 10. The molecule has 6 nitrogen and oxygen atoms in total. The molecular weight excluding hydrogens is 463 g/mol. The third-order valence-corrected chi connectivity index (χ3v) is 4.69. The number of unbranched alkanes of at least 4 members (excludes halogenated alkanes) is 3. The number of aliphatic imine (C=N–C) groups is 1. The minimum Gasteiger partial charge on any atom is -0.357 e. The highest BCUT2D eigenvalue weighted by atomic mass is 127. The molecule has 0 heterocycles. The Hall–Kier alpha value is -1.13. The normalized spacial score (nSPS) is 11.6. The minimum atomic E-state index is -3.65. The average molecular weight is 494 g/mol. The van der Waals surface area contributed by atoms with Gasteiger partial charge in [0.25, 0.3) is 0 Å². The fourth-order valence-electron chi connectivity index (χ4n) is 2.34. The van der Waals surface area contributed by atoms with Gasteiger partial charge in [-0.05, 0) is 43.9 Å². The van der Waals surface area contributed by atoms with E-state index in [0.29, 0.717) is 6.54 Å². The van der Waals surface area contributed by atoms with Crippen molar-refractivity contribution in [1.82, 2.24) is 10.2 Å². The topological polar surface area (TPSA) is 87.8 Å². The van der Waals surface area contributed by atoms with Crippen LogP contribution in [0.5, 0.6) is 0 Å². The van der Waals surface area contributed by atoms with Crippen LogP contribution in [0.2, 0.25) is 0 Å². The average Bonchev–Trinajstić information content (AvgIpc) is 2.57. The molecular formula is C18H31IN4O2S. The second-order valence-electron chi connectivity index (χ2n) is 5.92. The van der Waals surface area contributed by atoms with Gasteiger partial charge in [0.15, 0.2) is 5.96 Å². The number of nitrogens with two attached hydrogens (primary N) is 1. The molecule has 3 N–H and O–H groups in total. The number of guanidine groups is 1. The Balaban J connectivity index is 0.00000625. The first-order chi connectivity index (χ1) is 11.9. The van der Waals surface area contributed by atoms with E-state index in [4.69, 9.17) is 5.14 Å². The van der Waals surface area contributed by atoms with E-state index in [-0.39, 0.29) is 28.9 Å². The Morgan fingerprint density at radius 1 is 1.27 bits per heavy atom. The molecule has 8 heteroatoms. The molecule has 0 aliphatic rings. The van der Waals surface area contributed by atoms with Gasteiger partial charge in [0.1, 0.15) is 0 Å². The van der Waals surface area contributed by atoms with E-state index in [9.17, 15) is 8.42 Å². The minimum absolute atomic E-state index is 0. The zero-order valence-corrected chi connectivity index (χ0v) is 18.8. The van der Waals surface area contributed by atoms with Crippen molar-refractivity contribution in [2.75, 3.05) is 20.1 Å². The lowest BCUT2D eigenvalue weighted by molar-refractivity contribution is 0.455. The molecule has 1 aromatic rings. The van der Waals surface area contributed by atoms with E-state index in [0.717, 1.165) is 37.5 Å². The van der Waals surface area contributed by atoms with Crippen molar-refractivity contribution in [3.8, 4) is 0 Å². The van der Waals surface area contributed by atoms with Crippen LogP contribution >= 0.6 is 24.0 Å². The third kappa shape index (κ3) is 9.54. The number of benzene rings is 1. The maximum absolute atomic E-state index is 11.3. The second-order valence-corrected chi connectivity index (χ2v) is 7.48. The predicted octanol–water partition coefficient (Wildman–Crippen LogP) is 3.10. The second kappa shape index (κ2) is 13.1. The number of allylic oxidation sites excluding steroid dienone is 1. The molecule has 0 amide bonds. The van der Waals surface area contributed by atoms with Crippen molar-refractivity contribution in [3.05, 3.63) is 42.5 Å². The summed E-state index contributed by atoms with van der Waals surface area (Å²) in [4.78, 5) is 6.86. The molecule has 0 aliphatic heterocycles. The van der Waals surface area contributed by atoms with E-state index < -0.39 is 10.0 Å². The number of primary sulfonamides is 1. The molecule has 0 unspecified atom stereocenters. The highest BCUT2D eigenvalue weighted by molar-refractivity contribution is 14.0. The van der Waals surface area contributed by atoms with Crippen LogP contribution < -0.4 is 10.5 Å². The molecule has 0 atom stereocenters. The van der Waals surface area contributed by atoms with Gasteiger partial charge in [-0.1, -0.05) is 24.6 Å². The van der Waals surface area contributed by atoms with Gasteiger partial charge >= 0.3 is 0 Å². The van der Waals surface area contributed by atoms with Gasteiger partial charge in [0.05, 0.1) is 11.4 Å². The maximum Gasteiger partial charge on any atom is 0.238 e. The molecule has 0 aromatic heterocycles. The highest BCUT2D eigenvalue weighted by Crippen LogP contribution is 2.10. The Kier molecular flexibility index (Phi) is 12.5. The monoisotopic (exact) mass is 494 g/mol. The Morgan fingerprint density at radius 3 is 2.46 bits per heavy atom. The predicted molar refractivity (Wildman–Crippen MR) is 119 cm³/mol. The lowest BCUT2D eigenvalue weighted by atomic mass is 10.2. The molecule has 0 radical (unpaired) electrons. The maximum atomic E-state index is 11.3. The molecule has 0 spiro atoms. The summed E-state index contributed by atoms with van der Waals surface area (Å²) in [6.45, 7) is 7.99. The van der Waals surface area contributed by atoms with Crippen LogP contribution in [0.15, 0.2) is 46.8 Å². The molecule has 26 heavy (non-hydrogen) atoms. The van der Waals surface area contributed by atoms with Crippen LogP contribution in [0, 0.1) is 0 Å². The lowest BCUT2D eigenvalue weighted by Gasteiger charge is -2.22. The number of halogens is 1. The highest BCUT2D eigenvalue weighted by Gasteiger charge is 2.08. The molecule has 0 aliphatic carbocycles. The van der Waals surface area contributed by atoms with E-state index in [2.05, 4.69) is 21.8 Å². The molecule has 0 saturated carbocycles. The summed E-state index contributed by atoms with van der Waals surface area (Å²) >= 11 is 0.